The predicted molar refractivity (Wildman–Crippen MR) is 234 cm³/mol. The monoisotopic (exact) mass is 689 g/mol. The summed E-state index contributed by atoms with van der Waals surface area (Å²) >= 11 is 0. The van der Waals surface area contributed by atoms with Crippen molar-refractivity contribution in [3.8, 4) is 22.5 Å². The number of benzene rings is 6. The van der Waals surface area contributed by atoms with Gasteiger partial charge in [-0.15, -0.1) is 0 Å². The van der Waals surface area contributed by atoms with Crippen molar-refractivity contribution in [1.82, 2.24) is 4.68 Å². The lowest BCUT2D eigenvalue weighted by Crippen LogP contribution is -2.09. The highest BCUT2D eigenvalue weighted by Crippen LogP contribution is 2.39. The summed E-state index contributed by atoms with van der Waals surface area (Å²) in [5.74, 6) is 0. The third-order valence-corrected chi connectivity index (χ3v) is 7.46. The Labute approximate surface area is 314 Å². The molecule has 1 aromatic heterocycles. The molecule has 0 atom stereocenters. The lowest BCUT2D eigenvalue weighted by atomic mass is 10.0. The van der Waals surface area contributed by atoms with Crippen molar-refractivity contribution in [2.24, 2.45) is 5.10 Å². The number of hydrogen-bond donors (Lipinski definition) is 0. The Morgan fingerprint density at radius 3 is 1.04 bits per heavy atom. The lowest BCUT2D eigenvalue weighted by molar-refractivity contribution is 0.917. The molecule has 0 aliphatic carbocycles. The fraction of sp³-hybridized carbons (Fsp3) is 0.204. The highest BCUT2D eigenvalue weighted by Gasteiger charge is 2.19. The molecule has 0 aliphatic rings. The molecule has 7 rings (SSSR count). The molecule has 3 heteroatoms. The van der Waals surface area contributed by atoms with E-state index in [9.17, 15) is 0 Å². The van der Waals surface area contributed by atoms with Crippen molar-refractivity contribution in [1.29, 1.82) is 0 Å². The molecule has 52 heavy (non-hydrogen) atoms. The first-order valence-corrected chi connectivity index (χ1v) is 19.2. The van der Waals surface area contributed by atoms with Gasteiger partial charge < -0.3 is 4.90 Å². The number of aromatic nitrogens is 1. The molecule has 0 spiro atoms. The van der Waals surface area contributed by atoms with E-state index in [1.54, 1.807) is 0 Å². The quantitative estimate of drug-likeness (QED) is 0.153. The van der Waals surface area contributed by atoms with Crippen LogP contribution >= 0.6 is 0 Å². The smallest absolute Gasteiger partial charge is 0.0804 e. The molecule has 7 aromatic rings. The molecule has 270 valence electrons. The van der Waals surface area contributed by atoms with Crippen molar-refractivity contribution in [3.05, 3.63) is 175 Å². The summed E-state index contributed by atoms with van der Waals surface area (Å²) in [7, 11) is 0. The van der Waals surface area contributed by atoms with E-state index in [-0.39, 0.29) is 0 Å². The molecule has 0 saturated heterocycles. The van der Waals surface area contributed by atoms with Crippen molar-refractivity contribution < 1.29 is 0 Å². The van der Waals surface area contributed by atoms with Crippen LogP contribution < -0.4 is 4.90 Å². The second-order valence-electron chi connectivity index (χ2n) is 10.1. The van der Waals surface area contributed by atoms with Crippen LogP contribution in [-0.2, 0) is 0 Å². The van der Waals surface area contributed by atoms with Crippen LogP contribution in [0.1, 0.15) is 74.8 Å². The van der Waals surface area contributed by atoms with E-state index in [2.05, 4.69) is 167 Å². The van der Waals surface area contributed by atoms with Gasteiger partial charge in [0.2, 0.25) is 0 Å². The van der Waals surface area contributed by atoms with Crippen LogP contribution in [0.4, 0.5) is 17.1 Å². The van der Waals surface area contributed by atoms with E-state index in [0.717, 1.165) is 45.1 Å². The molecular formula is C49H59N3. The van der Waals surface area contributed by atoms with Crippen molar-refractivity contribution >= 4 is 34.0 Å². The van der Waals surface area contributed by atoms with Crippen LogP contribution in [0.3, 0.4) is 0 Å². The zero-order chi connectivity index (χ0) is 38.1. The Bertz CT molecular complexity index is 1830. The number of nitrogens with zero attached hydrogens (tertiary/aromatic N) is 3. The minimum Gasteiger partial charge on any atom is -0.311 e. The summed E-state index contributed by atoms with van der Waals surface area (Å²) in [6, 6.07) is 59.1. The molecule has 0 aliphatic heterocycles. The van der Waals surface area contributed by atoms with Gasteiger partial charge in [-0.25, -0.2) is 4.68 Å². The van der Waals surface area contributed by atoms with E-state index < -0.39 is 0 Å². The van der Waals surface area contributed by atoms with E-state index in [1.165, 1.54) is 10.8 Å². The Morgan fingerprint density at radius 1 is 0.365 bits per heavy atom. The van der Waals surface area contributed by atoms with Gasteiger partial charge in [0, 0.05) is 39.0 Å². The van der Waals surface area contributed by atoms with Crippen LogP contribution in [0.25, 0.3) is 33.3 Å². The first kappa shape index (κ1) is 42.5. The van der Waals surface area contributed by atoms with E-state index in [4.69, 9.17) is 5.10 Å². The standard InChI is InChI=1S/C39H29N3.5C2H6/c1-5-15-31(16-6-1)38-36-23-13-14-24-37(36)39(32-17-7-2-8-18-32)42(38)40-29-30-25-27-35(28-26-30)41(33-19-9-3-10-20-33)34-21-11-4-12-22-34;5*1-2/h1-29H;5*1-2H3. The Morgan fingerprint density at radius 2 is 0.673 bits per heavy atom. The summed E-state index contributed by atoms with van der Waals surface area (Å²) in [5, 5.41) is 7.49. The first-order chi connectivity index (χ1) is 25.9. The van der Waals surface area contributed by atoms with Gasteiger partial charge in [0.25, 0.3) is 0 Å². The molecule has 6 aromatic carbocycles. The van der Waals surface area contributed by atoms with Crippen molar-refractivity contribution in [2.75, 3.05) is 4.90 Å². The Kier molecular flexibility index (Phi) is 20.0. The fourth-order valence-corrected chi connectivity index (χ4v) is 5.53. The summed E-state index contributed by atoms with van der Waals surface area (Å²) in [6.07, 6.45) is 1.96. The molecule has 3 nitrogen and oxygen atoms in total. The van der Waals surface area contributed by atoms with Gasteiger partial charge in [0.05, 0.1) is 17.6 Å². The van der Waals surface area contributed by atoms with Crippen molar-refractivity contribution in [3.63, 3.8) is 0 Å². The number of rotatable bonds is 7. The maximum Gasteiger partial charge on any atom is 0.0804 e. The zero-order valence-corrected chi connectivity index (χ0v) is 33.1. The van der Waals surface area contributed by atoms with Gasteiger partial charge in [-0.2, -0.15) is 5.10 Å². The molecule has 0 saturated carbocycles. The predicted octanol–water partition coefficient (Wildman–Crippen LogP) is 15.5. The third-order valence-electron chi connectivity index (χ3n) is 7.46. The minimum atomic E-state index is 1.02. The number of para-hydroxylation sites is 2. The first-order valence-electron chi connectivity index (χ1n) is 19.2. The van der Waals surface area contributed by atoms with Gasteiger partial charge in [0.15, 0.2) is 0 Å². The molecule has 0 unspecified atom stereocenters. The summed E-state index contributed by atoms with van der Waals surface area (Å²) in [4.78, 5) is 2.26. The molecular weight excluding hydrogens is 631 g/mol. The zero-order valence-electron chi connectivity index (χ0n) is 33.1. The van der Waals surface area contributed by atoms with Crippen LogP contribution in [0.15, 0.2) is 175 Å². The Balaban J connectivity index is 0.000000866. The normalized spacial score (nSPS) is 9.65. The van der Waals surface area contributed by atoms with E-state index >= 15 is 0 Å². The van der Waals surface area contributed by atoms with Crippen LogP contribution in [-0.4, -0.2) is 10.9 Å². The summed E-state index contributed by atoms with van der Waals surface area (Å²) < 4.78 is 2.10. The molecule has 0 bridgehead atoms. The second-order valence-corrected chi connectivity index (χ2v) is 10.1. The number of anilines is 3. The van der Waals surface area contributed by atoms with Crippen molar-refractivity contribution in [2.45, 2.75) is 69.2 Å². The fourth-order valence-electron chi connectivity index (χ4n) is 5.53. The molecule has 0 radical (unpaired) electrons. The average Bonchev–Trinajstić information content (AvgIpc) is 3.60. The molecule has 0 fully saturated rings. The average molecular weight is 690 g/mol. The molecule has 1 heterocycles. The summed E-state index contributed by atoms with van der Waals surface area (Å²) in [6.45, 7) is 20.0. The maximum atomic E-state index is 5.14. The molecule has 0 amide bonds. The highest BCUT2D eigenvalue weighted by molar-refractivity contribution is 6.05. The van der Waals surface area contributed by atoms with E-state index in [1.807, 2.05) is 87.6 Å². The third kappa shape index (κ3) is 10.7. The maximum absolute atomic E-state index is 5.14. The highest BCUT2D eigenvalue weighted by atomic mass is 15.4. The minimum absolute atomic E-state index is 1.02. The van der Waals surface area contributed by atoms with Gasteiger partial charge >= 0.3 is 0 Å². The van der Waals surface area contributed by atoms with Gasteiger partial charge in [-0.05, 0) is 42.0 Å². The van der Waals surface area contributed by atoms with Gasteiger partial charge in [-0.3, -0.25) is 0 Å². The largest absolute Gasteiger partial charge is 0.311 e. The van der Waals surface area contributed by atoms with Gasteiger partial charge in [0.1, 0.15) is 0 Å². The van der Waals surface area contributed by atoms with Crippen LogP contribution in [0.5, 0.6) is 0 Å². The topological polar surface area (TPSA) is 20.5 Å². The van der Waals surface area contributed by atoms with Gasteiger partial charge in [-0.1, -0.05) is 203 Å². The Hall–Kier alpha value is -5.67. The number of hydrogen-bond acceptors (Lipinski definition) is 2. The van der Waals surface area contributed by atoms with Crippen LogP contribution in [0, 0.1) is 0 Å². The number of fused-ring (bicyclic) bond motifs is 1. The van der Waals surface area contributed by atoms with Crippen LogP contribution in [0.2, 0.25) is 0 Å². The lowest BCUT2D eigenvalue weighted by Gasteiger charge is -2.25. The second kappa shape index (κ2) is 24.5. The SMILES string of the molecule is C(=Nn1c(-c2ccccc2)c2ccccc2c1-c1ccccc1)c1ccc(N(c2ccccc2)c2ccccc2)cc1.CC.CC.CC.CC.CC. The van der Waals surface area contributed by atoms with E-state index in [0.29, 0.717) is 0 Å². The summed E-state index contributed by atoms with van der Waals surface area (Å²) in [5.41, 5.74) is 8.76. The molecule has 0 N–H and O–H groups in total.